The zero-order chi connectivity index (χ0) is 10.1. The standard InChI is InChI=1S/C10H10N4S/c1-2-8(13-10-11-4-5-15-10)7-6-12-14-9(7)3-1/h1-3,6H,4-5H2,(H,11,13)(H,12,14). The first kappa shape index (κ1) is 8.79. The van der Waals surface area contributed by atoms with E-state index in [1.54, 1.807) is 11.8 Å². The van der Waals surface area contributed by atoms with Gasteiger partial charge in [-0.25, -0.2) is 0 Å². The molecule has 0 radical (unpaired) electrons. The molecule has 0 saturated heterocycles. The number of amidine groups is 1. The Morgan fingerprint density at radius 2 is 2.40 bits per heavy atom. The van der Waals surface area contributed by atoms with E-state index in [0.717, 1.165) is 34.1 Å². The normalized spacial score (nSPS) is 15.6. The van der Waals surface area contributed by atoms with Crippen molar-refractivity contribution in [3.63, 3.8) is 0 Å². The minimum Gasteiger partial charge on any atom is -0.334 e. The molecule has 0 bridgehead atoms. The molecule has 15 heavy (non-hydrogen) atoms. The molecule has 0 fully saturated rings. The topological polar surface area (TPSA) is 53.1 Å². The Labute approximate surface area is 91.2 Å². The second-order valence-electron chi connectivity index (χ2n) is 3.30. The van der Waals surface area contributed by atoms with Gasteiger partial charge in [0, 0.05) is 11.1 Å². The van der Waals surface area contributed by atoms with E-state index in [9.17, 15) is 0 Å². The Morgan fingerprint density at radius 1 is 1.40 bits per heavy atom. The van der Waals surface area contributed by atoms with Crippen molar-refractivity contribution in [3.05, 3.63) is 24.4 Å². The third kappa shape index (κ3) is 1.59. The summed E-state index contributed by atoms with van der Waals surface area (Å²) in [7, 11) is 0. The van der Waals surface area contributed by atoms with Crippen LogP contribution in [0.1, 0.15) is 0 Å². The molecular weight excluding hydrogens is 208 g/mol. The van der Waals surface area contributed by atoms with Gasteiger partial charge in [0.15, 0.2) is 5.17 Å². The third-order valence-electron chi connectivity index (χ3n) is 2.31. The fourth-order valence-corrected chi connectivity index (χ4v) is 2.34. The zero-order valence-corrected chi connectivity index (χ0v) is 8.84. The fraction of sp³-hybridized carbons (Fsp3) is 0.200. The molecule has 0 aliphatic carbocycles. The number of thioether (sulfide) groups is 1. The summed E-state index contributed by atoms with van der Waals surface area (Å²) in [5.41, 5.74) is 2.11. The Balaban J connectivity index is 1.99. The number of anilines is 1. The summed E-state index contributed by atoms with van der Waals surface area (Å²) < 4.78 is 0. The number of aliphatic imine (C=N–C) groups is 1. The van der Waals surface area contributed by atoms with Crippen LogP contribution in [-0.2, 0) is 0 Å². The highest BCUT2D eigenvalue weighted by Crippen LogP contribution is 2.23. The van der Waals surface area contributed by atoms with Gasteiger partial charge >= 0.3 is 0 Å². The SMILES string of the molecule is c1cc(NC2=NCCS2)c2cn[nH]c2c1. The number of H-pyrrole nitrogens is 1. The van der Waals surface area contributed by atoms with Crippen molar-refractivity contribution in [1.29, 1.82) is 0 Å². The van der Waals surface area contributed by atoms with Crippen LogP contribution in [0.5, 0.6) is 0 Å². The number of hydrogen-bond donors (Lipinski definition) is 2. The van der Waals surface area contributed by atoms with Gasteiger partial charge < -0.3 is 5.32 Å². The van der Waals surface area contributed by atoms with Gasteiger partial charge in [0.1, 0.15) is 0 Å². The van der Waals surface area contributed by atoms with E-state index in [0.29, 0.717) is 0 Å². The van der Waals surface area contributed by atoms with Gasteiger partial charge in [0.25, 0.3) is 0 Å². The molecule has 2 heterocycles. The summed E-state index contributed by atoms with van der Waals surface area (Å²) in [6, 6.07) is 6.05. The molecular formula is C10H10N4S. The van der Waals surface area contributed by atoms with Crippen molar-refractivity contribution in [2.45, 2.75) is 0 Å². The first-order valence-electron chi connectivity index (χ1n) is 4.80. The number of aromatic nitrogens is 2. The van der Waals surface area contributed by atoms with E-state index in [-0.39, 0.29) is 0 Å². The minimum absolute atomic E-state index is 0.911. The molecule has 4 nitrogen and oxygen atoms in total. The van der Waals surface area contributed by atoms with Crippen LogP contribution in [0.2, 0.25) is 0 Å². The van der Waals surface area contributed by atoms with E-state index in [1.807, 2.05) is 24.4 Å². The molecule has 1 aliphatic rings. The number of nitrogens with zero attached hydrogens (tertiary/aromatic N) is 2. The summed E-state index contributed by atoms with van der Waals surface area (Å²) in [6.45, 7) is 0.911. The summed E-state index contributed by atoms with van der Waals surface area (Å²) in [5, 5.41) is 12.4. The molecule has 0 spiro atoms. The number of hydrogen-bond acceptors (Lipinski definition) is 4. The summed E-state index contributed by atoms with van der Waals surface area (Å²) >= 11 is 1.76. The van der Waals surface area contributed by atoms with Gasteiger partial charge in [-0.15, -0.1) is 0 Å². The maximum absolute atomic E-state index is 4.36. The molecule has 0 amide bonds. The molecule has 0 saturated carbocycles. The van der Waals surface area contributed by atoms with Crippen LogP contribution in [0.4, 0.5) is 5.69 Å². The Hall–Kier alpha value is -1.49. The molecule has 1 aromatic carbocycles. The van der Waals surface area contributed by atoms with Crippen molar-refractivity contribution in [2.75, 3.05) is 17.6 Å². The number of benzene rings is 1. The Kier molecular flexibility index (Phi) is 2.10. The largest absolute Gasteiger partial charge is 0.334 e. The molecule has 3 rings (SSSR count). The smallest absolute Gasteiger partial charge is 0.161 e. The van der Waals surface area contributed by atoms with E-state index in [4.69, 9.17) is 0 Å². The zero-order valence-electron chi connectivity index (χ0n) is 8.03. The van der Waals surface area contributed by atoms with Crippen LogP contribution in [0.3, 0.4) is 0 Å². The van der Waals surface area contributed by atoms with Crippen LogP contribution in [0, 0.1) is 0 Å². The fourth-order valence-electron chi connectivity index (χ4n) is 1.60. The lowest BCUT2D eigenvalue weighted by Gasteiger charge is -2.05. The molecule has 2 aromatic rings. The highest BCUT2D eigenvalue weighted by atomic mass is 32.2. The predicted molar refractivity (Wildman–Crippen MR) is 64.5 cm³/mol. The Morgan fingerprint density at radius 3 is 3.27 bits per heavy atom. The van der Waals surface area contributed by atoms with Crippen LogP contribution in [0.15, 0.2) is 29.4 Å². The number of rotatable bonds is 1. The first-order valence-corrected chi connectivity index (χ1v) is 5.78. The van der Waals surface area contributed by atoms with Crippen molar-refractivity contribution in [1.82, 2.24) is 10.2 Å². The molecule has 2 N–H and O–H groups in total. The minimum atomic E-state index is 0.911. The van der Waals surface area contributed by atoms with Crippen LogP contribution >= 0.6 is 11.8 Å². The third-order valence-corrected chi connectivity index (χ3v) is 3.20. The maximum atomic E-state index is 4.36. The average Bonchev–Trinajstić information content (AvgIpc) is 2.87. The van der Waals surface area contributed by atoms with Crippen molar-refractivity contribution >= 4 is 33.5 Å². The molecule has 0 unspecified atom stereocenters. The summed E-state index contributed by atoms with van der Waals surface area (Å²) in [6.07, 6.45) is 1.83. The van der Waals surface area contributed by atoms with Crippen LogP contribution < -0.4 is 5.32 Å². The van der Waals surface area contributed by atoms with Gasteiger partial charge in [-0.1, -0.05) is 17.8 Å². The summed E-state index contributed by atoms with van der Waals surface area (Å²) in [5.74, 6) is 1.07. The lowest BCUT2D eigenvalue weighted by Crippen LogP contribution is -2.04. The van der Waals surface area contributed by atoms with E-state index in [1.165, 1.54) is 0 Å². The van der Waals surface area contributed by atoms with Crippen LogP contribution in [-0.4, -0.2) is 27.7 Å². The van der Waals surface area contributed by atoms with Gasteiger partial charge in [0.05, 0.1) is 23.9 Å². The quantitative estimate of drug-likeness (QED) is 0.770. The maximum Gasteiger partial charge on any atom is 0.161 e. The van der Waals surface area contributed by atoms with Crippen molar-refractivity contribution in [3.8, 4) is 0 Å². The van der Waals surface area contributed by atoms with E-state index in [2.05, 4.69) is 20.5 Å². The first-order chi connectivity index (χ1) is 7.43. The molecule has 5 heteroatoms. The average molecular weight is 218 g/mol. The lowest BCUT2D eigenvalue weighted by molar-refractivity contribution is 1.12. The van der Waals surface area contributed by atoms with Gasteiger partial charge in [0.2, 0.25) is 0 Å². The lowest BCUT2D eigenvalue weighted by atomic mass is 10.2. The van der Waals surface area contributed by atoms with Crippen molar-refractivity contribution in [2.24, 2.45) is 4.99 Å². The second-order valence-corrected chi connectivity index (χ2v) is 4.38. The number of aromatic amines is 1. The Bertz CT molecular complexity index is 517. The molecule has 0 atom stereocenters. The van der Waals surface area contributed by atoms with Gasteiger partial charge in [-0.05, 0) is 12.1 Å². The van der Waals surface area contributed by atoms with E-state index < -0.39 is 0 Å². The van der Waals surface area contributed by atoms with Crippen molar-refractivity contribution < 1.29 is 0 Å². The van der Waals surface area contributed by atoms with Gasteiger partial charge in [-0.2, -0.15) is 5.10 Å². The summed E-state index contributed by atoms with van der Waals surface area (Å²) in [4.78, 5) is 4.36. The molecule has 1 aliphatic heterocycles. The molecule has 1 aromatic heterocycles. The molecule has 76 valence electrons. The van der Waals surface area contributed by atoms with E-state index >= 15 is 0 Å². The number of fused-ring (bicyclic) bond motifs is 1. The predicted octanol–water partition coefficient (Wildman–Crippen LogP) is 2.08. The van der Waals surface area contributed by atoms with Gasteiger partial charge in [-0.3, -0.25) is 10.1 Å². The highest BCUT2D eigenvalue weighted by Gasteiger charge is 2.09. The number of nitrogens with one attached hydrogen (secondary N) is 2. The monoisotopic (exact) mass is 218 g/mol. The van der Waals surface area contributed by atoms with Crippen LogP contribution in [0.25, 0.3) is 10.9 Å². The highest BCUT2D eigenvalue weighted by molar-refractivity contribution is 8.14. The second kappa shape index (κ2) is 3.58.